The summed E-state index contributed by atoms with van der Waals surface area (Å²) in [5.41, 5.74) is 0. The van der Waals surface area contributed by atoms with E-state index in [1.807, 2.05) is 12.1 Å². The molecule has 1 aromatic heterocycles. The van der Waals surface area contributed by atoms with E-state index in [0.717, 1.165) is 37.9 Å². The number of carbonyl (C=O) groups excluding carboxylic acids is 1. The van der Waals surface area contributed by atoms with Gasteiger partial charge in [0.1, 0.15) is 5.76 Å². The van der Waals surface area contributed by atoms with Gasteiger partial charge in [-0.2, -0.15) is 0 Å². The van der Waals surface area contributed by atoms with Gasteiger partial charge >= 0.3 is 6.03 Å². The Morgan fingerprint density at radius 1 is 1.38 bits per heavy atom. The van der Waals surface area contributed by atoms with Gasteiger partial charge < -0.3 is 20.2 Å². The molecule has 5 nitrogen and oxygen atoms in total. The number of aliphatic hydroxyl groups is 1. The summed E-state index contributed by atoms with van der Waals surface area (Å²) < 4.78 is 5.34. The van der Waals surface area contributed by atoms with Gasteiger partial charge in [-0.3, -0.25) is 0 Å². The number of urea groups is 1. The molecular weight excluding hydrogens is 268 g/mol. The van der Waals surface area contributed by atoms with E-state index in [1.165, 1.54) is 6.42 Å². The van der Waals surface area contributed by atoms with Crippen LogP contribution in [0, 0.1) is 5.92 Å². The van der Waals surface area contributed by atoms with Gasteiger partial charge in [0.15, 0.2) is 0 Å². The Bertz CT molecular complexity index is 460. The molecule has 0 bridgehead atoms. The standard InChI is InChI=1S/C16H24N2O3/c19-14-5-2-1-4-11(14)7-8-17-16(20)18-13-10-12(13)15-6-3-9-21-15/h3,6,9,11-14,19H,1-2,4-5,7-8,10H2,(H2,17,18,20)/t11-,12-,13-,14-/m1/s1. The summed E-state index contributed by atoms with van der Waals surface area (Å²) in [6, 6.07) is 3.91. The maximum absolute atomic E-state index is 11.8. The zero-order valence-electron chi connectivity index (χ0n) is 12.3. The van der Waals surface area contributed by atoms with Gasteiger partial charge in [0.25, 0.3) is 0 Å². The first-order valence-electron chi connectivity index (χ1n) is 8.00. The van der Waals surface area contributed by atoms with Crippen LogP contribution in [0.15, 0.2) is 22.8 Å². The van der Waals surface area contributed by atoms with Crippen LogP contribution in [-0.4, -0.2) is 29.8 Å². The topological polar surface area (TPSA) is 74.5 Å². The molecule has 2 fully saturated rings. The predicted molar refractivity (Wildman–Crippen MR) is 79.0 cm³/mol. The lowest BCUT2D eigenvalue weighted by Gasteiger charge is -2.27. The van der Waals surface area contributed by atoms with Crippen molar-refractivity contribution >= 4 is 6.03 Å². The van der Waals surface area contributed by atoms with Crippen LogP contribution in [0.25, 0.3) is 0 Å². The van der Waals surface area contributed by atoms with Crippen LogP contribution in [0.3, 0.4) is 0 Å². The van der Waals surface area contributed by atoms with Crippen molar-refractivity contribution in [1.29, 1.82) is 0 Å². The van der Waals surface area contributed by atoms with Crippen molar-refractivity contribution in [3.8, 4) is 0 Å². The molecule has 5 heteroatoms. The van der Waals surface area contributed by atoms with Gasteiger partial charge in [-0.05, 0) is 43.7 Å². The molecule has 0 spiro atoms. The molecule has 0 unspecified atom stereocenters. The van der Waals surface area contributed by atoms with Crippen molar-refractivity contribution in [3.05, 3.63) is 24.2 Å². The van der Waals surface area contributed by atoms with E-state index in [0.29, 0.717) is 18.4 Å². The SMILES string of the molecule is O=C(NCC[C@H]1CCCC[C@H]1O)N[C@@H]1C[C@H]1c1ccco1. The Morgan fingerprint density at radius 3 is 3.00 bits per heavy atom. The quantitative estimate of drug-likeness (QED) is 0.780. The lowest BCUT2D eigenvalue weighted by molar-refractivity contribution is 0.0657. The van der Waals surface area contributed by atoms with E-state index < -0.39 is 0 Å². The number of nitrogens with one attached hydrogen (secondary N) is 2. The van der Waals surface area contributed by atoms with Crippen LogP contribution in [0.5, 0.6) is 0 Å². The fourth-order valence-corrected chi connectivity index (χ4v) is 3.29. The molecule has 0 aliphatic heterocycles. The van der Waals surface area contributed by atoms with Crippen LogP contribution in [0.1, 0.15) is 50.2 Å². The number of rotatable bonds is 5. The molecule has 116 valence electrons. The minimum atomic E-state index is -0.185. The Labute approximate surface area is 125 Å². The van der Waals surface area contributed by atoms with Crippen LogP contribution in [0.4, 0.5) is 4.79 Å². The van der Waals surface area contributed by atoms with Crippen molar-refractivity contribution in [2.24, 2.45) is 5.92 Å². The van der Waals surface area contributed by atoms with E-state index in [-0.39, 0.29) is 18.2 Å². The van der Waals surface area contributed by atoms with E-state index >= 15 is 0 Å². The van der Waals surface area contributed by atoms with E-state index in [9.17, 15) is 9.90 Å². The third kappa shape index (κ3) is 3.79. The third-order valence-corrected chi connectivity index (χ3v) is 4.69. The molecular formula is C16H24N2O3. The number of hydrogen-bond acceptors (Lipinski definition) is 3. The van der Waals surface area contributed by atoms with Crippen LogP contribution >= 0.6 is 0 Å². The number of hydrogen-bond donors (Lipinski definition) is 3. The summed E-state index contributed by atoms with van der Waals surface area (Å²) in [4.78, 5) is 11.8. The van der Waals surface area contributed by atoms with Crippen molar-refractivity contribution in [2.45, 2.75) is 56.6 Å². The van der Waals surface area contributed by atoms with Crippen molar-refractivity contribution in [2.75, 3.05) is 6.54 Å². The van der Waals surface area contributed by atoms with Crippen molar-refractivity contribution in [3.63, 3.8) is 0 Å². The fourth-order valence-electron chi connectivity index (χ4n) is 3.29. The molecule has 1 aromatic rings. The van der Waals surface area contributed by atoms with Crippen molar-refractivity contribution in [1.82, 2.24) is 10.6 Å². The van der Waals surface area contributed by atoms with Gasteiger partial charge in [0.05, 0.1) is 12.4 Å². The molecule has 2 aliphatic rings. The summed E-state index contributed by atoms with van der Waals surface area (Å²) in [5.74, 6) is 1.62. The summed E-state index contributed by atoms with van der Waals surface area (Å²) >= 11 is 0. The second kappa shape index (κ2) is 6.52. The normalized spacial score (nSPS) is 31.7. The minimum Gasteiger partial charge on any atom is -0.469 e. The predicted octanol–water partition coefficient (Wildman–Crippen LogP) is 2.38. The van der Waals surface area contributed by atoms with E-state index in [4.69, 9.17) is 4.42 Å². The van der Waals surface area contributed by atoms with Crippen LogP contribution in [0.2, 0.25) is 0 Å². The van der Waals surface area contributed by atoms with Crippen LogP contribution in [-0.2, 0) is 0 Å². The fraction of sp³-hybridized carbons (Fsp3) is 0.688. The smallest absolute Gasteiger partial charge is 0.315 e. The highest BCUT2D eigenvalue weighted by Crippen LogP contribution is 2.40. The Balaban J connectivity index is 1.32. The summed E-state index contributed by atoms with van der Waals surface area (Å²) in [6.45, 7) is 0.631. The second-order valence-electron chi connectivity index (χ2n) is 6.26. The summed E-state index contributed by atoms with van der Waals surface area (Å²) in [6.07, 6.45) is 7.60. The molecule has 1 heterocycles. The largest absolute Gasteiger partial charge is 0.469 e. The Morgan fingerprint density at radius 2 is 2.24 bits per heavy atom. The second-order valence-corrected chi connectivity index (χ2v) is 6.26. The zero-order valence-corrected chi connectivity index (χ0v) is 12.3. The number of furan rings is 1. The lowest BCUT2D eigenvalue weighted by atomic mass is 9.84. The molecule has 2 aliphatic carbocycles. The maximum atomic E-state index is 11.8. The first-order valence-corrected chi connectivity index (χ1v) is 8.00. The molecule has 4 atom stereocenters. The molecule has 21 heavy (non-hydrogen) atoms. The molecule has 2 amide bonds. The molecule has 0 radical (unpaired) electrons. The maximum Gasteiger partial charge on any atom is 0.315 e. The summed E-state index contributed by atoms with van der Waals surface area (Å²) in [5, 5.41) is 15.8. The zero-order chi connectivity index (χ0) is 14.7. The minimum absolute atomic E-state index is 0.112. The first-order chi connectivity index (χ1) is 10.2. The number of carbonyl (C=O) groups is 1. The van der Waals surface area contributed by atoms with Gasteiger partial charge in [0, 0.05) is 18.5 Å². The first kappa shape index (κ1) is 14.4. The number of amides is 2. The highest BCUT2D eigenvalue weighted by atomic mass is 16.3. The van der Waals surface area contributed by atoms with E-state index in [1.54, 1.807) is 6.26 Å². The monoisotopic (exact) mass is 292 g/mol. The molecule has 0 saturated heterocycles. The van der Waals surface area contributed by atoms with Crippen LogP contribution < -0.4 is 10.6 Å². The van der Waals surface area contributed by atoms with Gasteiger partial charge in [-0.25, -0.2) is 4.79 Å². The molecule has 3 rings (SSSR count). The van der Waals surface area contributed by atoms with Crippen molar-refractivity contribution < 1.29 is 14.3 Å². The average molecular weight is 292 g/mol. The Hall–Kier alpha value is -1.49. The lowest BCUT2D eigenvalue weighted by Crippen LogP contribution is -2.39. The Kier molecular flexibility index (Phi) is 4.48. The van der Waals surface area contributed by atoms with Gasteiger partial charge in [-0.15, -0.1) is 0 Å². The van der Waals surface area contributed by atoms with E-state index in [2.05, 4.69) is 10.6 Å². The molecule has 2 saturated carbocycles. The molecule has 0 aromatic carbocycles. The highest BCUT2D eigenvalue weighted by molar-refractivity contribution is 5.74. The third-order valence-electron chi connectivity index (χ3n) is 4.69. The summed E-state index contributed by atoms with van der Waals surface area (Å²) in [7, 11) is 0. The number of aliphatic hydroxyl groups excluding tert-OH is 1. The van der Waals surface area contributed by atoms with Gasteiger partial charge in [0.2, 0.25) is 0 Å². The molecule has 3 N–H and O–H groups in total. The van der Waals surface area contributed by atoms with Gasteiger partial charge in [-0.1, -0.05) is 12.8 Å². The average Bonchev–Trinajstić information content (AvgIpc) is 3.01. The highest BCUT2D eigenvalue weighted by Gasteiger charge is 2.41.